The van der Waals surface area contributed by atoms with Gasteiger partial charge in [0.15, 0.2) is 0 Å². The molecule has 0 aliphatic carbocycles. The first kappa shape index (κ1) is 21.0. The van der Waals surface area contributed by atoms with Crippen molar-refractivity contribution in [3.8, 4) is 0 Å². The van der Waals surface area contributed by atoms with Gasteiger partial charge in [0.25, 0.3) is 0 Å². The molecule has 0 radical (unpaired) electrons. The van der Waals surface area contributed by atoms with Crippen LogP contribution in [0, 0.1) is 10.5 Å². The Labute approximate surface area is 156 Å². The van der Waals surface area contributed by atoms with Gasteiger partial charge in [0, 0.05) is 3.57 Å². The third kappa shape index (κ3) is 5.80. The van der Waals surface area contributed by atoms with E-state index < -0.39 is 11.7 Å². The number of aryl methyl sites for hydroxylation is 4. The van der Waals surface area contributed by atoms with Crippen LogP contribution in [0.25, 0.3) is 0 Å². The van der Waals surface area contributed by atoms with E-state index in [1.165, 1.54) is 27.7 Å². The van der Waals surface area contributed by atoms with Gasteiger partial charge in [0.2, 0.25) is 0 Å². The Bertz CT molecular complexity index is 660. The molecule has 2 aromatic rings. The van der Waals surface area contributed by atoms with Gasteiger partial charge >= 0.3 is 6.18 Å². The third-order valence-corrected chi connectivity index (χ3v) is 4.82. The predicted octanol–water partition coefficient (Wildman–Crippen LogP) is 6.99. The molecule has 0 N–H and O–H groups in total. The molecule has 0 saturated heterocycles. The molecule has 0 nitrogen and oxygen atoms in total. The van der Waals surface area contributed by atoms with E-state index in [2.05, 4.69) is 47.7 Å². The molecule has 0 bridgehead atoms. The number of halogens is 4. The van der Waals surface area contributed by atoms with Gasteiger partial charge in [-0.15, -0.1) is 0 Å². The monoisotopic (exact) mass is 448 g/mol. The molecule has 0 saturated carbocycles. The van der Waals surface area contributed by atoms with Gasteiger partial charge in [-0.3, -0.25) is 0 Å². The van der Waals surface area contributed by atoms with E-state index in [0.29, 0.717) is 6.42 Å². The van der Waals surface area contributed by atoms with Gasteiger partial charge in [-0.1, -0.05) is 45.0 Å². The van der Waals surface area contributed by atoms with Gasteiger partial charge in [-0.05, 0) is 83.2 Å². The normalized spacial score (nSPS) is 11.0. The van der Waals surface area contributed by atoms with Crippen LogP contribution >= 0.6 is 22.6 Å². The van der Waals surface area contributed by atoms with Gasteiger partial charge in [-0.25, -0.2) is 0 Å². The highest BCUT2D eigenvalue weighted by Crippen LogP contribution is 2.32. The minimum Gasteiger partial charge on any atom is -0.166 e. The van der Waals surface area contributed by atoms with E-state index in [1.807, 2.05) is 13.8 Å². The first-order valence-electron chi connectivity index (χ1n) is 8.25. The molecule has 0 atom stereocenters. The van der Waals surface area contributed by atoms with Crippen LogP contribution in [0.3, 0.4) is 0 Å². The summed E-state index contributed by atoms with van der Waals surface area (Å²) in [6.07, 6.45) is -1.92. The fraction of sp³-hybridized carbons (Fsp3) is 0.400. The molecule has 0 aromatic heterocycles. The average Bonchev–Trinajstić information content (AvgIpc) is 2.55. The summed E-state index contributed by atoms with van der Waals surface area (Å²) in [6.45, 7) is 7.61. The molecule has 0 unspecified atom stereocenters. The molecule has 4 heteroatoms. The molecule has 0 spiro atoms. The number of rotatable bonds is 4. The topological polar surface area (TPSA) is 0 Å². The van der Waals surface area contributed by atoms with Gasteiger partial charge < -0.3 is 0 Å². The largest absolute Gasteiger partial charge is 0.416 e. The van der Waals surface area contributed by atoms with Crippen molar-refractivity contribution >= 4 is 22.6 Å². The number of alkyl halides is 3. The Morgan fingerprint density at radius 1 is 0.917 bits per heavy atom. The first-order chi connectivity index (χ1) is 11.3. The second-order valence-electron chi connectivity index (χ2n) is 5.43. The van der Waals surface area contributed by atoms with Crippen LogP contribution in [0.2, 0.25) is 0 Å². The molecule has 0 aliphatic heterocycles. The Kier molecular flexibility index (Phi) is 8.27. The summed E-state index contributed by atoms with van der Waals surface area (Å²) in [6, 6.07) is 10.9. The first-order valence-corrected chi connectivity index (χ1v) is 9.33. The lowest BCUT2D eigenvalue weighted by Gasteiger charge is -2.12. The second kappa shape index (κ2) is 9.44. The Hall–Kier alpha value is -1.04. The Morgan fingerprint density at radius 3 is 2.08 bits per heavy atom. The molecule has 24 heavy (non-hydrogen) atoms. The average molecular weight is 448 g/mol. The van der Waals surface area contributed by atoms with Crippen molar-refractivity contribution in [2.75, 3.05) is 0 Å². The van der Waals surface area contributed by atoms with E-state index >= 15 is 0 Å². The van der Waals surface area contributed by atoms with Crippen LogP contribution in [0.1, 0.15) is 48.6 Å². The van der Waals surface area contributed by atoms with Crippen molar-refractivity contribution in [2.24, 2.45) is 0 Å². The van der Waals surface area contributed by atoms with E-state index in [-0.39, 0.29) is 5.56 Å². The minimum absolute atomic E-state index is 0.276. The van der Waals surface area contributed by atoms with Gasteiger partial charge in [0.05, 0.1) is 5.56 Å². The molecular formula is C20H24F3I. The van der Waals surface area contributed by atoms with Crippen molar-refractivity contribution in [1.29, 1.82) is 0 Å². The fourth-order valence-electron chi connectivity index (χ4n) is 2.42. The van der Waals surface area contributed by atoms with E-state index in [9.17, 15) is 13.2 Å². The van der Waals surface area contributed by atoms with E-state index in [1.54, 1.807) is 12.1 Å². The fourth-order valence-corrected chi connectivity index (χ4v) is 3.27. The van der Waals surface area contributed by atoms with Crippen LogP contribution in [0.5, 0.6) is 0 Å². The SMILES string of the molecule is CC.CCc1ccc(CCc2ccc(C)c(C(F)(F)F)c2)c(I)c1. The quantitative estimate of drug-likeness (QED) is 0.442. The third-order valence-electron chi connectivity index (χ3n) is 3.82. The van der Waals surface area contributed by atoms with E-state index in [0.717, 1.165) is 18.4 Å². The highest BCUT2D eigenvalue weighted by Gasteiger charge is 2.32. The minimum atomic E-state index is -4.28. The highest BCUT2D eigenvalue weighted by atomic mass is 127. The molecule has 0 aliphatic rings. The number of hydrogen-bond donors (Lipinski definition) is 0. The van der Waals surface area contributed by atoms with Gasteiger partial charge in [0.1, 0.15) is 0 Å². The van der Waals surface area contributed by atoms with Crippen LogP contribution in [0.15, 0.2) is 36.4 Å². The zero-order chi connectivity index (χ0) is 18.3. The summed E-state index contributed by atoms with van der Waals surface area (Å²) >= 11 is 2.30. The lowest BCUT2D eigenvalue weighted by Crippen LogP contribution is -2.08. The number of benzene rings is 2. The maximum Gasteiger partial charge on any atom is 0.416 e. The molecular weight excluding hydrogens is 424 g/mol. The summed E-state index contributed by atoms with van der Waals surface area (Å²) in [5.74, 6) is 0. The molecule has 0 amide bonds. The van der Waals surface area contributed by atoms with Crippen molar-refractivity contribution < 1.29 is 13.2 Å². The van der Waals surface area contributed by atoms with Crippen molar-refractivity contribution in [1.82, 2.24) is 0 Å². The molecule has 0 heterocycles. The Morgan fingerprint density at radius 2 is 1.54 bits per heavy atom. The Balaban J connectivity index is 0.00000139. The van der Waals surface area contributed by atoms with Gasteiger partial charge in [-0.2, -0.15) is 13.2 Å². The molecule has 0 fully saturated rings. The standard InChI is InChI=1S/C18H18F3I.C2H6/c1-3-13-6-8-15(17(22)11-13)9-7-14-5-4-12(2)16(10-14)18(19,20)21;1-2/h4-6,8,10-11H,3,7,9H2,1-2H3;1-2H3. The number of hydrogen-bond acceptors (Lipinski definition) is 0. The maximum absolute atomic E-state index is 12.9. The molecule has 2 rings (SSSR count). The smallest absolute Gasteiger partial charge is 0.166 e. The van der Waals surface area contributed by atoms with Crippen molar-refractivity contribution in [2.45, 2.75) is 53.1 Å². The summed E-state index contributed by atoms with van der Waals surface area (Å²) in [7, 11) is 0. The highest BCUT2D eigenvalue weighted by molar-refractivity contribution is 14.1. The lowest BCUT2D eigenvalue weighted by atomic mass is 9.99. The summed E-state index contributed by atoms with van der Waals surface area (Å²) in [5, 5.41) is 0. The van der Waals surface area contributed by atoms with Crippen LogP contribution in [0.4, 0.5) is 13.2 Å². The maximum atomic E-state index is 12.9. The van der Waals surface area contributed by atoms with Crippen LogP contribution in [-0.2, 0) is 25.4 Å². The molecule has 2 aromatic carbocycles. The second-order valence-corrected chi connectivity index (χ2v) is 6.59. The molecule has 132 valence electrons. The van der Waals surface area contributed by atoms with E-state index in [4.69, 9.17) is 0 Å². The van der Waals surface area contributed by atoms with Crippen molar-refractivity contribution in [3.05, 3.63) is 67.8 Å². The summed E-state index contributed by atoms with van der Waals surface area (Å²) in [4.78, 5) is 0. The van der Waals surface area contributed by atoms with Crippen molar-refractivity contribution in [3.63, 3.8) is 0 Å². The van der Waals surface area contributed by atoms with Crippen LogP contribution < -0.4 is 0 Å². The zero-order valence-electron chi connectivity index (χ0n) is 14.6. The van der Waals surface area contributed by atoms with Crippen LogP contribution in [-0.4, -0.2) is 0 Å². The lowest BCUT2D eigenvalue weighted by molar-refractivity contribution is -0.138. The summed E-state index contributed by atoms with van der Waals surface area (Å²) in [5.41, 5.74) is 2.95. The summed E-state index contributed by atoms with van der Waals surface area (Å²) < 4.78 is 40.0. The zero-order valence-corrected chi connectivity index (χ0v) is 16.8. The predicted molar refractivity (Wildman–Crippen MR) is 103 cm³/mol.